The Morgan fingerprint density at radius 2 is 2.20 bits per heavy atom. The van der Waals surface area contributed by atoms with Crippen molar-refractivity contribution < 1.29 is 14.6 Å². The van der Waals surface area contributed by atoms with Crippen molar-refractivity contribution in [2.45, 2.75) is 37.8 Å². The number of benzene rings is 1. The summed E-state index contributed by atoms with van der Waals surface area (Å²) in [4.78, 5) is 18.4. The van der Waals surface area contributed by atoms with Crippen LogP contribution in [0.25, 0.3) is 0 Å². The molecule has 0 bridgehead atoms. The number of hydrogen-bond donors (Lipinski definition) is 1. The van der Waals surface area contributed by atoms with Gasteiger partial charge >= 0.3 is 5.97 Å². The van der Waals surface area contributed by atoms with Crippen LogP contribution in [0.3, 0.4) is 0 Å². The van der Waals surface area contributed by atoms with E-state index in [-0.39, 0.29) is 6.04 Å². The van der Waals surface area contributed by atoms with Crippen molar-refractivity contribution in [1.29, 1.82) is 0 Å². The fraction of sp³-hybridized carbons (Fsp3) is 0.400. The van der Waals surface area contributed by atoms with Crippen LogP contribution in [-0.4, -0.2) is 40.7 Å². The second-order valence-corrected chi connectivity index (χ2v) is 6.41. The number of methoxy groups -OCH3 is 1. The Labute approximate surface area is 148 Å². The van der Waals surface area contributed by atoms with E-state index in [1.54, 1.807) is 13.3 Å². The summed E-state index contributed by atoms with van der Waals surface area (Å²) in [6, 6.07) is 13.3. The third-order valence-electron chi connectivity index (χ3n) is 4.84. The number of ether oxygens (including phenoxy) is 1. The molecule has 2 unspecified atom stereocenters. The first-order valence-electron chi connectivity index (χ1n) is 8.71. The average molecular weight is 340 g/mol. The fourth-order valence-electron chi connectivity index (χ4n) is 3.58. The van der Waals surface area contributed by atoms with Crippen LogP contribution in [0, 0.1) is 0 Å². The van der Waals surface area contributed by atoms with Crippen LogP contribution < -0.4 is 4.74 Å². The van der Waals surface area contributed by atoms with Gasteiger partial charge in [-0.25, -0.2) is 0 Å². The molecule has 0 amide bonds. The van der Waals surface area contributed by atoms with E-state index in [9.17, 15) is 9.90 Å². The molecule has 1 fully saturated rings. The highest BCUT2D eigenvalue weighted by Gasteiger charge is 2.34. The molecule has 5 heteroatoms. The van der Waals surface area contributed by atoms with E-state index in [0.29, 0.717) is 12.8 Å². The zero-order chi connectivity index (χ0) is 17.6. The van der Waals surface area contributed by atoms with Crippen LogP contribution in [0.15, 0.2) is 48.7 Å². The lowest BCUT2D eigenvalue weighted by molar-refractivity contribution is -0.146. The first-order valence-corrected chi connectivity index (χ1v) is 8.71. The molecule has 0 spiro atoms. The molecule has 5 nitrogen and oxygen atoms in total. The third kappa shape index (κ3) is 4.17. The first-order chi connectivity index (χ1) is 12.2. The number of carbonyl (C=O) groups is 1. The Bertz CT molecular complexity index is 705. The van der Waals surface area contributed by atoms with Gasteiger partial charge in [0, 0.05) is 24.4 Å². The van der Waals surface area contributed by atoms with E-state index in [2.05, 4.69) is 9.88 Å². The van der Waals surface area contributed by atoms with Crippen LogP contribution in [0.5, 0.6) is 5.75 Å². The van der Waals surface area contributed by atoms with Crippen LogP contribution in [-0.2, 0) is 11.2 Å². The minimum atomic E-state index is -0.742. The zero-order valence-corrected chi connectivity index (χ0v) is 14.5. The summed E-state index contributed by atoms with van der Waals surface area (Å²) < 4.78 is 5.37. The summed E-state index contributed by atoms with van der Waals surface area (Å²) in [5, 5.41) is 9.69. The molecule has 2 heterocycles. The lowest BCUT2D eigenvalue weighted by Crippen LogP contribution is -2.47. The highest BCUT2D eigenvalue weighted by atomic mass is 16.5. The summed E-state index contributed by atoms with van der Waals surface area (Å²) in [6.45, 7) is 0.783. The topological polar surface area (TPSA) is 62.7 Å². The molecular formula is C20H24N2O3. The summed E-state index contributed by atoms with van der Waals surface area (Å²) in [5.41, 5.74) is 2.03. The summed E-state index contributed by atoms with van der Waals surface area (Å²) in [7, 11) is 1.65. The van der Waals surface area contributed by atoms with Gasteiger partial charge in [0.15, 0.2) is 0 Å². The molecule has 1 saturated heterocycles. The van der Waals surface area contributed by atoms with Crippen molar-refractivity contribution in [1.82, 2.24) is 9.88 Å². The summed E-state index contributed by atoms with van der Waals surface area (Å²) in [6.07, 6.45) is 5.13. The number of aliphatic carboxylic acids is 1. The highest BCUT2D eigenvalue weighted by molar-refractivity contribution is 5.73. The zero-order valence-electron chi connectivity index (χ0n) is 14.5. The van der Waals surface area contributed by atoms with Crippen LogP contribution >= 0.6 is 0 Å². The van der Waals surface area contributed by atoms with Crippen molar-refractivity contribution in [2.75, 3.05) is 13.7 Å². The quantitative estimate of drug-likeness (QED) is 0.874. The Balaban J connectivity index is 1.96. The lowest BCUT2D eigenvalue weighted by atomic mass is 9.93. The predicted molar refractivity (Wildman–Crippen MR) is 95.7 cm³/mol. The number of carboxylic acids is 1. The number of likely N-dealkylation sites (tertiary alicyclic amines) is 1. The molecule has 132 valence electrons. The van der Waals surface area contributed by atoms with Gasteiger partial charge in [0.25, 0.3) is 0 Å². The van der Waals surface area contributed by atoms with Crippen molar-refractivity contribution >= 4 is 5.97 Å². The Morgan fingerprint density at radius 1 is 1.32 bits per heavy atom. The molecule has 1 N–H and O–H groups in total. The monoisotopic (exact) mass is 340 g/mol. The van der Waals surface area contributed by atoms with Crippen molar-refractivity contribution in [2.24, 2.45) is 0 Å². The first kappa shape index (κ1) is 17.4. The van der Waals surface area contributed by atoms with Gasteiger partial charge in [0.2, 0.25) is 0 Å². The maximum Gasteiger partial charge on any atom is 0.320 e. The van der Waals surface area contributed by atoms with E-state index in [4.69, 9.17) is 4.74 Å². The second-order valence-electron chi connectivity index (χ2n) is 6.41. The molecule has 25 heavy (non-hydrogen) atoms. The number of piperidine rings is 1. The smallest absolute Gasteiger partial charge is 0.320 e. The van der Waals surface area contributed by atoms with E-state index >= 15 is 0 Å². The molecule has 2 aromatic rings. The lowest BCUT2D eigenvalue weighted by Gasteiger charge is -2.39. The highest BCUT2D eigenvalue weighted by Crippen LogP contribution is 2.32. The molecule has 1 aromatic carbocycles. The minimum absolute atomic E-state index is 0.0357. The van der Waals surface area contributed by atoms with Gasteiger partial charge in [-0.05, 0) is 49.2 Å². The number of rotatable bonds is 6. The normalized spacial score (nSPS) is 19.3. The maximum absolute atomic E-state index is 11.8. The Morgan fingerprint density at radius 3 is 2.92 bits per heavy atom. The fourth-order valence-corrected chi connectivity index (χ4v) is 3.58. The van der Waals surface area contributed by atoms with Gasteiger partial charge in [0.1, 0.15) is 11.8 Å². The number of pyridine rings is 1. The van der Waals surface area contributed by atoms with Crippen molar-refractivity contribution in [3.8, 4) is 5.75 Å². The SMILES string of the molecule is COc1cccc(C(Cc2ccccn2)N2CCCCC2C(=O)O)c1. The summed E-state index contributed by atoms with van der Waals surface area (Å²) >= 11 is 0. The van der Waals surface area contributed by atoms with Gasteiger partial charge in [-0.3, -0.25) is 14.7 Å². The van der Waals surface area contributed by atoms with Gasteiger partial charge in [0.05, 0.1) is 7.11 Å². The van der Waals surface area contributed by atoms with Crippen molar-refractivity contribution in [3.63, 3.8) is 0 Å². The molecule has 0 radical (unpaired) electrons. The number of hydrogen-bond acceptors (Lipinski definition) is 4. The van der Waals surface area contributed by atoms with Crippen LogP contribution in [0.4, 0.5) is 0 Å². The van der Waals surface area contributed by atoms with E-state index < -0.39 is 12.0 Å². The van der Waals surface area contributed by atoms with Gasteiger partial charge in [-0.2, -0.15) is 0 Å². The molecule has 2 atom stereocenters. The largest absolute Gasteiger partial charge is 0.497 e. The predicted octanol–water partition coefficient (Wildman–Crippen LogP) is 3.31. The summed E-state index contributed by atoms with van der Waals surface area (Å²) in [5.74, 6) is 0.0426. The molecule has 3 rings (SSSR count). The average Bonchev–Trinajstić information content (AvgIpc) is 2.67. The standard InChI is InChI=1S/C20H24N2O3/c1-25-17-9-6-7-15(13-17)19(14-16-8-2-4-11-21-16)22-12-5-3-10-18(22)20(23)24/h2,4,6-9,11,13,18-19H,3,5,10,12,14H2,1H3,(H,23,24). The molecule has 1 aromatic heterocycles. The number of nitrogens with zero attached hydrogens (tertiary/aromatic N) is 2. The second kappa shape index (κ2) is 8.12. The van der Waals surface area contributed by atoms with E-state index in [0.717, 1.165) is 36.4 Å². The minimum Gasteiger partial charge on any atom is -0.497 e. The van der Waals surface area contributed by atoms with Crippen molar-refractivity contribution in [3.05, 3.63) is 59.9 Å². The third-order valence-corrected chi connectivity index (χ3v) is 4.84. The van der Waals surface area contributed by atoms with E-state index in [1.807, 2.05) is 42.5 Å². The Kier molecular flexibility index (Phi) is 5.66. The van der Waals surface area contributed by atoms with Crippen LogP contribution in [0.1, 0.15) is 36.6 Å². The molecule has 0 aliphatic carbocycles. The van der Waals surface area contributed by atoms with Crippen LogP contribution in [0.2, 0.25) is 0 Å². The molecule has 1 aliphatic heterocycles. The molecular weight excluding hydrogens is 316 g/mol. The Hall–Kier alpha value is -2.40. The maximum atomic E-state index is 11.8. The number of carboxylic acid groups (broad SMARTS) is 1. The molecule has 1 aliphatic rings. The number of aromatic nitrogens is 1. The van der Waals surface area contributed by atoms with Gasteiger partial charge < -0.3 is 9.84 Å². The van der Waals surface area contributed by atoms with Gasteiger partial charge in [-0.15, -0.1) is 0 Å². The van der Waals surface area contributed by atoms with Gasteiger partial charge in [-0.1, -0.05) is 24.6 Å². The van der Waals surface area contributed by atoms with E-state index in [1.165, 1.54) is 0 Å². The molecule has 0 saturated carbocycles.